The number of alkyl halides is 3. The molecule has 1 saturated heterocycles. The fourth-order valence-corrected chi connectivity index (χ4v) is 1.90. The van der Waals surface area contributed by atoms with Crippen molar-refractivity contribution in [2.24, 2.45) is 5.73 Å². The van der Waals surface area contributed by atoms with Gasteiger partial charge in [0.25, 0.3) is 0 Å². The van der Waals surface area contributed by atoms with E-state index in [-0.39, 0.29) is 6.10 Å². The summed E-state index contributed by atoms with van der Waals surface area (Å²) in [6.45, 7) is 2.64. The van der Waals surface area contributed by atoms with E-state index in [1.165, 1.54) is 0 Å². The second-order valence-electron chi connectivity index (χ2n) is 4.24. The lowest BCUT2D eigenvalue weighted by molar-refractivity contribution is -0.141. The molecule has 1 aliphatic heterocycles. The third-order valence-corrected chi connectivity index (χ3v) is 2.80. The molecule has 3 N–H and O–H groups in total. The van der Waals surface area contributed by atoms with Crippen molar-refractivity contribution in [1.82, 2.24) is 15.1 Å². The van der Waals surface area contributed by atoms with Crippen molar-refractivity contribution < 1.29 is 17.9 Å². The molecule has 102 valence electrons. The molecule has 0 bridgehead atoms. The average Bonchev–Trinajstić information content (AvgIpc) is 2.77. The highest BCUT2D eigenvalue weighted by atomic mass is 19.4. The van der Waals surface area contributed by atoms with Gasteiger partial charge in [0, 0.05) is 31.9 Å². The fraction of sp³-hybridized carbons (Fsp3) is 0.700. The smallest absolute Gasteiger partial charge is 0.374 e. The number of hydrogen-bond donors (Lipinski definition) is 2. The molecule has 1 atom stereocenters. The Hall–Kier alpha value is -1.12. The number of H-pyrrole nitrogens is 1. The van der Waals surface area contributed by atoms with Gasteiger partial charge in [-0.1, -0.05) is 0 Å². The molecular weight excluding hydrogens is 249 g/mol. The van der Waals surface area contributed by atoms with Gasteiger partial charge in [-0.2, -0.15) is 18.3 Å². The largest absolute Gasteiger partial charge is 0.435 e. The van der Waals surface area contributed by atoms with Crippen molar-refractivity contribution in [1.29, 1.82) is 0 Å². The summed E-state index contributed by atoms with van der Waals surface area (Å²) in [7, 11) is 0. The molecule has 2 rings (SSSR count). The zero-order valence-corrected chi connectivity index (χ0v) is 9.70. The molecule has 0 aromatic carbocycles. The lowest BCUT2D eigenvalue weighted by atomic mass is 10.2. The summed E-state index contributed by atoms with van der Waals surface area (Å²) in [4.78, 5) is 1.99. The number of nitrogens with one attached hydrogen (secondary N) is 1. The van der Waals surface area contributed by atoms with E-state index in [0.717, 1.165) is 6.07 Å². The molecule has 8 heteroatoms. The van der Waals surface area contributed by atoms with Crippen LogP contribution >= 0.6 is 0 Å². The Bertz CT molecular complexity index is 393. The van der Waals surface area contributed by atoms with Crippen LogP contribution in [-0.4, -0.2) is 47.4 Å². The molecule has 2 heterocycles. The van der Waals surface area contributed by atoms with Gasteiger partial charge < -0.3 is 10.5 Å². The summed E-state index contributed by atoms with van der Waals surface area (Å²) in [5, 5.41) is 5.67. The van der Waals surface area contributed by atoms with Gasteiger partial charge in [0.2, 0.25) is 0 Å². The van der Waals surface area contributed by atoms with Crippen molar-refractivity contribution in [3.8, 4) is 0 Å². The van der Waals surface area contributed by atoms with Gasteiger partial charge in [0.15, 0.2) is 5.69 Å². The van der Waals surface area contributed by atoms with Crippen LogP contribution in [0.4, 0.5) is 13.2 Å². The van der Waals surface area contributed by atoms with Crippen molar-refractivity contribution >= 4 is 0 Å². The van der Waals surface area contributed by atoms with Gasteiger partial charge in [-0.25, -0.2) is 0 Å². The van der Waals surface area contributed by atoms with Gasteiger partial charge in [-0.3, -0.25) is 10.00 Å². The van der Waals surface area contributed by atoms with Crippen LogP contribution in [-0.2, 0) is 17.5 Å². The van der Waals surface area contributed by atoms with Crippen molar-refractivity contribution in [3.05, 3.63) is 17.5 Å². The first-order valence-electron chi connectivity index (χ1n) is 5.64. The Morgan fingerprint density at radius 1 is 1.56 bits per heavy atom. The van der Waals surface area contributed by atoms with Crippen LogP contribution < -0.4 is 5.73 Å². The number of aromatic nitrogens is 2. The van der Waals surface area contributed by atoms with E-state index in [2.05, 4.69) is 10.2 Å². The van der Waals surface area contributed by atoms with Gasteiger partial charge in [-0.15, -0.1) is 0 Å². The maximum atomic E-state index is 12.4. The predicted molar refractivity (Wildman–Crippen MR) is 57.7 cm³/mol. The van der Waals surface area contributed by atoms with Crippen LogP contribution in [0.5, 0.6) is 0 Å². The molecule has 1 aliphatic rings. The van der Waals surface area contributed by atoms with Gasteiger partial charge in [0.1, 0.15) is 0 Å². The third-order valence-electron chi connectivity index (χ3n) is 2.80. The molecule has 1 aromatic rings. The van der Waals surface area contributed by atoms with E-state index in [1.807, 2.05) is 4.90 Å². The number of ether oxygens (including phenoxy) is 1. The number of hydrogen-bond acceptors (Lipinski definition) is 4. The summed E-state index contributed by atoms with van der Waals surface area (Å²) in [5.41, 5.74) is 5.06. The summed E-state index contributed by atoms with van der Waals surface area (Å²) < 4.78 is 42.5. The van der Waals surface area contributed by atoms with Crippen LogP contribution in [0.2, 0.25) is 0 Å². The molecule has 18 heavy (non-hydrogen) atoms. The Kier molecular flexibility index (Phi) is 3.88. The van der Waals surface area contributed by atoms with Crippen molar-refractivity contribution in [3.63, 3.8) is 0 Å². The minimum Gasteiger partial charge on any atom is -0.374 e. The Morgan fingerprint density at radius 3 is 2.94 bits per heavy atom. The molecule has 0 spiro atoms. The lowest BCUT2D eigenvalue weighted by Gasteiger charge is -2.31. The van der Waals surface area contributed by atoms with E-state index in [1.54, 1.807) is 0 Å². The second kappa shape index (κ2) is 5.25. The second-order valence-corrected chi connectivity index (χ2v) is 4.24. The van der Waals surface area contributed by atoms with Crippen molar-refractivity contribution in [2.45, 2.75) is 18.8 Å². The first kappa shape index (κ1) is 13.3. The molecule has 0 aliphatic carbocycles. The SMILES string of the molecule is NCC1CN(Cc2cc(C(F)(F)F)n[nH]2)CCO1. The summed E-state index contributed by atoms with van der Waals surface area (Å²) in [6.07, 6.45) is -4.46. The molecule has 1 aromatic heterocycles. The molecule has 0 saturated carbocycles. The normalized spacial score (nSPS) is 22.3. The number of halogens is 3. The monoisotopic (exact) mass is 264 g/mol. The van der Waals surface area contributed by atoms with Gasteiger partial charge in [-0.05, 0) is 6.07 Å². The summed E-state index contributed by atoms with van der Waals surface area (Å²) >= 11 is 0. The highest BCUT2D eigenvalue weighted by molar-refractivity contribution is 5.11. The number of rotatable bonds is 3. The summed E-state index contributed by atoms with van der Waals surface area (Å²) in [5.74, 6) is 0. The number of nitrogens with two attached hydrogens (primary N) is 1. The number of nitrogens with zero attached hydrogens (tertiary/aromatic N) is 2. The van der Waals surface area contributed by atoms with E-state index in [9.17, 15) is 13.2 Å². The van der Waals surface area contributed by atoms with Gasteiger partial charge >= 0.3 is 6.18 Å². The van der Waals surface area contributed by atoms with Crippen LogP contribution in [0.3, 0.4) is 0 Å². The highest BCUT2D eigenvalue weighted by Gasteiger charge is 2.34. The maximum absolute atomic E-state index is 12.4. The quantitative estimate of drug-likeness (QED) is 0.838. The lowest BCUT2D eigenvalue weighted by Crippen LogP contribution is -2.45. The molecule has 1 fully saturated rings. The molecule has 5 nitrogen and oxygen atoms in total. The minimum atomic E-state index is -4.40. The Balaban J connectivity index is 1.95. The minimum absolute atomic E-state index is 0.0521. The fourth-order valence-electron chi connectivity index (χ4n) is 1.90. The first-order chi connectivity index (χ1) is 8.49. The highest BCUT2D eigenvalue weighted by Crippen LogP contribution is 2.27. The molecule has 0 amide bonds. The Labute approximate surface area is 102 Å². The Morgan fingerprint density at radius 2 is 2.33 bits per heavy atom. The zero-order chi connectivity index (χ0) is 13.2. The molecule has 1 unspecified atom stereocenters. The maximum Gasteiger partial charge on any atom is 0.435 e. The molecule has 0 radical (unpaired) electrons. The van der Waals surface area contributed by atoms with Gasteiger partial charge in [0.05, 0.1) is 12.7 Å². The van der Waals surface area contributed by atoms with Crippen LogP contribution in [0.15, 0.2) is 6.07 Å². The average molecular weight is 264 g/mol. The number of morpholine rings is 1. The van der Waals surface area contributed by atoms with Crippen molar-refractivity contribution in [2.75, 3.05) is 26.2 Å². The summed E-state index contributed by atoms with van der Waals surface area (Å²) in [6, 6.07) is 1.03. The van der Waals surface area contributed by atoms with E-state index in [4.69, 9.17) is 10.5 Å². The van der Waals surface area contributed by atoms with Crippen LogP contribution in [0, 0.1) is 0 Å². The van der Waals surface area contributed by atoms with E-state index >= 15 is 0 Å². The van der Waals surface area contributed by atoms with Crippen LogP contribution in [0.1, 0.15) is 11.4 Å². The zero-order valence-electron chi connectivity index (χ0n) is 9.70. The van der Waals surface area contributed by atoms with Crippen LogP contribution in [0.25, 0.3) is 0 Å². The standard InChI is InChI=1S/C10H15F3N4O/c11-10(12,13)9-3-7(15-16-9)5-17-1-2-18-8(4-14)6-17/h3,8H,1-2,4-6,14H2,(H,15,16). The van der Waals surface area contributed by atoms with E-state index in [0.29, 0.717) is 38.5 Å². The predicted octanol–water partition coefficient (Wildman–Crippen LogP) is 0.588. The number of aromatic amines is 1. The topological polar surface area (TPSA) is 67.2 Å². The van der Waals surface area contributed by atoms with E-state index < -0.39 is 11.9 Å². The third kappa shape index (κ3) is 3.21. The molecular formula is C10H15F3N4O. The first-order valence-corrected chi connectivity index (χ1v) is 5.64.